The van der Waals surface area contributed by atoms with Gasteiger partial charge in [-0.25, -0.2) is 14.6 Å². The number of ether oxygens (including phenoxy) is 1. The minimum Gasteiger partial charge on any atom is -0.406 e. The van der Waals surface area contributed by atoms with Crippen molar-refractivity contribution in [2.75, 3.05) is 6.54 Å². The van der Waals surface area contributed by atoms with E-state index in [1.807, 2.05) is 0 Å². The molecule has 0 fully saturated rings. The second-order valence-electron chi connectivity index (χ2n) is 9.38. The van der Waals surface area contributed by atoms with Crippen LogP contribution in [-0.2, 0) is 30.4 Å². The van der Waals surface area contributed by atoms with Crippen LogP contribution < -0.4 is 26.9 Å². The number of halogens is 5. The standard InChI is InChI=1S/C26H30F5N9O3/c1-25(27,28)18-7-8-19(34-13-18)14-36-24(42)22-16-40(38-37-22)10-3-2-9-39(33)15-21(32)23(41)35-12-17-5-4-6-20(11-17)43-26(29,30)31/h4-8,11,13,15-16H,2-3,9-10,12,14,32-33H2,1H3,(H,35,41)(H,36,42)/b21-15-. The summed E-state index contributed by atoms with van der Waals surface area (Å²) >= 11 is 0. The molecule has 0 aliphatic carbocycles. The first-order valence-corrected chi connectivity index (χ1v) is 12.8. The third-order valence-electron chi connectivity index (χ3n) is 5.74. The lowest BCUT2D eigenvalue weighted by Crippen LogP contribution is -2.33. The van der Waals surface area contributed by atoms with E-state index >= 15 is 0 Å². The maximum Gasteiger partial charge on any atom is 0.573 e. The first-order chi connectivity index (χ1) is 20.2. The molecular formula is C26H30F5N9O3. The molecule has 2 aromatic heterocycles. The third-order valence-corrected chi connectivity index (χ3v) is 5.74. The first-order valence-electron chi connectivity index (χ1n) is 12.8. The summed E-state index contributed by atoms with van der Waals surface area (Å²) in [5, 5.41) is 14.0. The van der Waals surface area contributed by atoms with Crippen LogP contribution in [0.4, 0.5) is 22.0 Å². The summed E-state index contributed by atoms with van der Waals surface area (Å²) in [6.07, 6.45) is 0.0667. The van der Waals surface area contributed by atoms with Crippen LogP contribution in [0.5, 0.6) is 5.75 Å². The van der Waals surface area contributed by atoms with Crippen molar-refractivity contribution < 1.29 is 36.3 Å². The molecule has 0 aliphatic heterocycles. The van der Waals surface area contributed by atoms with Gasteiger partial charge in [-0.15, -0.1) is 18.3 Å². The van der Waals surface area contributed by atoms with Gasteiger partial charge in [0.15, 0.2) is 5.69 Å². The Morgan fingerprint density at radius 3 is 2.53 bits per heavy atom. The number of hydrogen-bond acceptors (Lipinski definition) is 9. The van der Waals surface area contributed by atoms with Crippen molar-refractivity contribution in [3.8, 4) is 5.75 Å². The number of alkyl halides is 5. The van der Waals surface area contributed by atoms with Crippen LogP contribution in [-0.4, -0.2) is 49.7 Å². The molecule has 0 aliphatic rings. The molecule has 0 spiro atoms. The number of aromatic nitrogens is 4. The van der Waals surface area contributed by atoms with E-state index in [4.69, 9.17) is 11.6 Å². The number of nitrogens with two attached hydrogens (primary N) is 2. The van der Waals surface area contributed by atoms with Gasteiger partial charge in [0.2, 0.25) is 0 Å². The Balaban J connectivity index is 1.36. The van der Waals surface area contributed by atoms with Gasteiger partial charge in [-0.2, -0.15) is 0 Å². The fourth-order valence-corrected chi connectivity index (χ4v) is 3.57. The van der Waals surface area contributed by atoms with Gasteiger partial charge in [0.05, 0.1) is 18.4 Å². The summed E-state index contributed by atoms with van der Waals surface area (Å²) < 4.78 is 69.0. The highest BCUT2D eigenvalue weighted by Crippen LogP contribution is 2.26. The molecule has 0 bridgehead atoms. The topological polar surface area (TPSA) is 166 Å². The van der Waals surface area contributed by atoms with Gasteiger partial charge in [0.1, 0.15) is 11.4 Å². The maximum atomic E-state index is 13.3. The zero-order valence-electron chi connectivity index (χ0n) is 22.9. The maximum absolute atomic E-state index is 13.3. The average molecular weight is 612 g/mol. The number of nitrogens with zero attached hydrogens (tertiary/aromatic N) is 5. The Labute approximate surface area is 242 Å². The van der Waals surface area contributed by atoms with Crippen LogP contribution in [0.2, 0.25) is 0 Å². The third kappa shape index (κ3) is 11.2. The molecule has 6 N–H and O–H groups in total. The van der Waals surface area contributed by atoms with E-state index in [2.05, 4.69) is 30.7 Å². The Hall–Kier alpha value is -4.80. The zero-order chi connectivity index (χ0) is 31.6. The second kappa shape index (κ2) is 14.4. The largest absolute Gasteiger partial charge is 0.573 e. The molecule has 0 saturated heterocycles. The normalized spacial score (nSPS) is 12.1. The first kappa shape index (κ1) is 32.7. The molecule has 17 heteroatoms. The summed E-state index contributed by atoms with van der Waals surface area (Å²) in [5.74, 6) is 1.29. The van der Waals surface area contributed by atoms with Crippen LogP contribution in [0.1, 0.15) is 47.1 Å². The lowest BCUT2D eigenvalue weighted by atomic mass is 10.1. The minimum absolute atomic E-state index is 0.0202. The van der Waals surface area contributed by atoms with Gasteiger partial charge in [0.25, 0.3) is 17.7 Å². The Bertz CT molecular complexity index is 1410. The van der Waals surface area contributed by atoms with Crippen molar-refractivity contribution >= 4 is 11.8 Å². The van der Waals surface area contributed by atoms with Crippen LogP contribution in [0.3, 0.4) is 0 Å². The quantitative estimate of drug-likeness (QED) is 0.0705. The number of aryl methyl sites for hydroxylation is 1. The molecule has 0 atom stereocenters. The number of hydrazine groups is 1. The molecule has 0 saturated carbocycles. The van der Waals surface area contributed by atoms with E-state index in [1.165, 1.54) is 46.4 Å². The second-order valence-corrected chi connectivity index (χ2v) is 9.38. The summed E-state index contributed by atoms with van der Waals surface area (Å²) in [4.78, 5) is 28.5. The number of hydrogen-bond donors (Lipinski definition) is 4. The van der Waals surface area contributed by atoms with Crippen molar-refractivity contribution in [2.45, 2.75) is 51.7 Å². The predicted octanol–water partition coefficient (Wildman–Crippen LogP) is 2.69. The molecule has 3 rings (SSSR count). The molecule has 2 heterocycles. The number of rotatable bonds is 14. The Morgan fingerprint density at radius 2 is 1.86 bits per heavy atom. The average Bonchev–Trinajstić information content (AvgIpc) is 3.41. The SMILES string of the molecule is CC(F)(F)c1ccc(CNC(=O)c2cn(CCCCN(N)/C=C(\N)C(=O)NCc3cccc(OC(F)(F)F)c3)nn2)nc1. The summed E-state index contributed by atoms with van der Waals surface area (Å²) in [6, 6.07) is 7.81. The van der Waals surface area contributed by atoms with Crippen molar-refractivity contribution in [1.82, 2.24) is 35.6 Å². The van der Waals surface area contributed by atoms with Crippen molar-refractivity contribution in [3.63, 3.8) is 0 Å². The highest BCUT2D eigenvalue weighted by Gasteiger charge is 2.31. The zero-order valence-corrected chi connectivity index (χ0v) is 22.9. The molecule has 232 valence electrons. The molecule has 0 radical (unpaired) electrons. The van der Waals surface area contributed by atoms with Gasteiger partial charge >= 0.3 is 6.36 Å². The van der Waals surface area contributed by atoms with Crippen LogP contribution in [0, 0.1) is 0 Å². The van der Waals surface area contributed by atoms with E-state index in [0.29, 0.717) is 37.2 Å². The van der Waals surface area contributed by atoms with Gasteiger partial charge < -0.3 is 26.1 Å². The molecular weight excluding hydrogens is 581 g/mol. The number of pyridine rings is 1. The lowest BCUT2D eigenvalue weighted by molar-refractivity contribution is -0.274. The summed E-state index contributed by atoms with van der Waals surface area (Å²) in [5.41, 5.74) is 6.18. The predicted molar refractivity (Wildman–Crippen MR) is 142 cm³/mol. The number of amides is 2. The van der Waals surface area contributed by atoms with Crippen molar-refractivity contribution in [3.05, 3.63) is 83.2 Å². The van der Waals surface area contributed by atoms with Crippen molar-refractivity contribution in [1.29, 1.82) is 0 Å². The molecule has 0 unspecified atom stereocenters. The van der Waals surface area contributed by atoms with Gasteiger partial charge in [-0.1, -0.05) is 17.3 Å². The summed E-state index contributed by atoms with van der Waals surface area (Å²) in [7, 11) is 0. The van der Waals surface area contributed by atoms with E-state index in [1.54, 1.807) is 0 Å². The fourth-order valence-electron chi connectivity index (χ4n) is 3.57. The Morgan fingerprint density at radius 1 is 1.09 bits per heavy atom. The van der Waals surface area contributed by atoms with E-state index in [0.717, 1.165) is 25.3 Å². The lowest BCUT2D eigenvalue weighted by Gasteiger charge is -2.15. The smallest absolute Gasteiger partial charge is 0.406 e. The number of nitrogens with one attached hydrogen (secondary N) is 2. The van der Waals surface area contributed by atoms with Gasteiger partial charge in [-0.3, -0.25) is 19.3 Å². The number of carbonyl (C=O) groups is 2. The van der Waals surface area contributed by atoms with Crippen LogP contribution >= 0.6 is 0 Å². The highest BCUT2D eigenvalue weighted by atomic mass is 19.4. The van der Waals surface area contributed by atoms with Gasteiger partial charge in [0, 0.05) is 44.5 Å². The van der Waals surface area contributed by atoms with Crippen LogP contribution in [0.15, 0.2) is 60.7 Å². The van der Waals surface area contributed by atoms with Gasteiger partial charge in [-0.05, 0) is 42.7 Å². The molecule has 1 aromatic carbocycles. The highest BCUT2D eigenvalue weighted by molar-refractivity contribution is 5.92. The van der Waals surface area contributed by atoms with Crippen molar-refractivity contribution in [2.24, 2.45) is 11.6 Å². The van der Waals surface area contributed by atoms with E-state index in [-0.39, 0.29) is 30.0 Å². The number of unbranched alkanes of at least 4 members (excludes halogenated alkanes) is 1. The molecule has 12 nitrogen and oxygen atoms in total. The fraction of sp³-hybridized carbons (Fsp3) is 0.346. The number of carbonyl (C=O) groups excluding carboxylic acids is 2. The Kier molecular flexibility index (Phi) is 10.9. The molecule has 43 heavy (non-hydrogen) atoms. The van der Waals surface area contributed by atoms with E-state index in [9.17, 15) is 31.5 Å². The minimum atomic E-state index is -4.83. The number of benzene rings is 1. The molecule has 3 aromatic rings. The summed E-state index contributed by atoms with van der Waals surface area (Å²) in [6.45, 7) is 1.44. The monoisotopic (exact) mass is 611 g/mol. The molecule has 2 amide bonds. The van der Waals surface area contributed by atoms with E-state index < -0.39 is 29.8 Å². The van der Waals surface area contributed by atoms with Crippen LogP contribution in [0.25, 0.3) is 0 Å².